The number of amides is 2. The second kappa shape index (κ2) is 11.3. The van der Waals surface area contributed by atoms with Crippen LogP contribution in [0.1, 0.15) is 64.4 Å². The van der Waals surface area contributed by atoms with E-state index >= 15 is 0 Å². The van der Waals surface area contributed by atoms with Gasteiger partial charge in [0.15, 0.2) is 0 Å². The third-order valence-electron chi connectivity index (χ3n) is 6.20. The molecule has 0 saturated carbocycles. The summed E-state index contributed by atoms with van der Waals surface area (Å²) in [6, 6.07) is 16.6. The summed E-state index contributed by atoms with van der Waals surface area (Å²) in [6.07, 6.45) is 1.72. The fourth-order valence-corrected chi connectivity index (χ4v) is 4.40. The van der Waals surface area contributed by atoms with E-state index < -0.39 is 0 Å². The van der Waals surface area contributed by atoms with Gasteiger partial charge in [-0.25, -0.2) is 4.39 Å². The maximum Gasteiger partial charge on any atom is 0.254 e. The number of nitrogens with one attached hydrogen (secondary N) is 2. The molecule has 1 atom stereocenters. The average molecular weight is 503 g/mol. The summed E-state index contributed by atoms with van der Waals surface area (Å²) >= 11 is 0. The first-order valence-corrected chi connectivity index (χ1v) is 12.3. The Hall–Kier alpha value is -4.04. The van der Waals surface area contributed by atoms with E-state index in [1.165, 1.54) is 12.1 Å². The van der Waals surface area contributed by atoms with Gasteiger partial charge >= 0.3 is 0 Å². The van der Waals surface area contributed by atoms with Crippen molar-refractivity contribution < 1.29 is 19.1 Å². The average Bonchev–Trinajstić information content (AvgIpc) is 3.22. The van der Waals surface area contributed by atoms with Crippen molar-refractivity contribution in [3.8, 4) is 0 Å². The first kappa shape index (κ1) is 26.0. The molecular weight excluding hydrogens is 471 g/mol. The van der Waals surface area contributed by atoms with Crippen LogP contribution in [0.5, 0.6) is 0 Å². The molecule has 2 heterocycles. The molecule has 4 rings (SSSR count). The molecule has 192 valence electrons. The van der Waals surface area contributed by atoms with Crippen molar-refractivity contribution in [1.29, 1.82) is 0 Å². The molecule has 3 N–H and O–H groups in total. The molecule has 0 unspecified atom stereocenters. The van der Waals surface area contributed by atoms with Crippen molar-refractivity contribution in [2.75, 3.05) is 6.61 Å². The van der Waals surface area contributed by atoms with Gasteiger partial charge in [-0.2, -0.15) is 0 Å². The number of aromatic nitrogens is 2. The molecule has 0 aliphatic rings. The maximum absolute atomic E-state index is 13.6. The zero-order valence-corrected chi connectivity index (χ0v) is 21.2. The fraction of sp³-hybridized carbons (Fsp3) is 0.276. The molecule has 0 bridgehead atoms. The summed E-state index contributed by atoms with van der Waals surface area (Å²) in [5, 5.41) is 15.8. The van der Waals surface area contributed by atoms with Gasteiger partial charge in [-0.1, -0.05) is 38.1 Å². The number of rotatable bonds is 9. The second-order valence-electron chi connectivity index (χ2n) is 9.42. The molecule has 0 spiro atoms. The molecule has 4 aromatic rings. The highest BCUT2D eigenvalue weighted by molar-refractivity contribution is 6.10. The number of pyridine rings is 1. The van der Waals surface area contributed by atoms with Crippen molar-refractivity contribution in [3.05, 3.63) is 101 Å². The third kappa shape index (κ3) is 5.86. The van der Waals surface area contributed by atoms with Gasteiger partial charge in [0, 0.05) is 35.4 Å². The smallest absolute Gasteiger partial charge is 0.254 e. The monoisotopic (exact) mass is 502 g/mol. The summed E-state index contributed by atoms with van der Waals surface area (Å²) < 4.78 is 15.3. The van der Waals surface area contributed by atoms with Crippen LogP contribution in [0.25, 0.3) is 10.9 Å². The lowest BCUT2D eigenvalue weighted by atomic mass is 10.0. The van der Waals surface area contributed by atoms with Gasteiger partial charge in [-0.05, 0) is 54.8 Å². The minimum atomic E-state index is -0.387. The first-order valence-electron chi connectivity index (χ1n) is 12.3. The summed E-state index contributed by atoms with van der Waals surface area (Å²) in [6.45, 7) is 6.28. The predicted octanol–water partition coefficient (Wildman–Crippen LogP) is 4.39. The Morgan fingerprint density at radius 2 is 1.78 bits per heavy atom. The Balaban J connectivity index is 1.80. The number of fused-ring (bicyclic) bond motifs is 1. The van der Waals surface area contributed by atoms with Crippen molar-refractivity contribution in [1.82, 2.24) is 20.2 Å². The number of carbonyl (C=O) groups is 2. The molecule has 7 nitrogen and oxygen atoms in total. The Kier molecular flexibility index (Phi) is 7.98. The molecule has 8 heteroatoms. The molecule has 0 aliphatic heterocycles. The molecule has 2 amide bonds. The van der Waals surface area contributed by atoms with Gasteiger partial charge in [0.2, 0.25) is 0 Å². The lowest BCUT2D eigenvalue weighted by molar-refractivity contribution is 0.0920. The fourth-order valence-electron chi connectivity index (χ4n) is 4.40. The Morgan fingerprint density at radius 1 is 1.03 bits per heavy atom. The van der Waals surface area contributed by atoms with Gasteiger partial charge in [-0.15, -0.1) is 0 Å². The van der Waals surface area contributed by atoms with Crippen molar-refractivity contribution >= 4 is 22.7 Å². The summed E-state index contributed by atoms with van der Waals surface area (Å²) in [5.74, 6) is -0.885. The van der Waals surface area contributed by atoms with Crippen LogP contribution in [-0.2, 0) is 13.1 Å². The van der Waals surface area contributed by atoms with Crippen LogP contribution in [0.3, 0.4) is 0 Å². The molecule has 0 saturated heterocycles. The molecule has 2 aromatic heterocycles. The number of aliphatic hydroxyl groups excluding tert-OH is 1. The van der Waals surface area contributed by atoms with Crippen molar-refractivity contribution in [2.24, 2.45) is 0 Å². The topological polar surface area (TPSA) is 96.3 Å². The zero-order valence-electron chi connectivity index (χ0n) is 21.2. The van der Waals surface area contributed by atoms with Gasteiger partial charge in [0.1, 0.15) is 5.82 Å². The van der Waals surface area contributed by atoms with Crippen molar-refractivity contribution in [2.45, 2.75) is 45.8 Å². The molecular formula is C29H31FN4O3. The Morgan fingerprint density at radius 3 is 2.43 bits per heavy atom. The zero-order chi connectivity index (χ0) is 26.5. The number of aliphatic hydroxyl groups is 1. The first-order chi connectivity index (χ1) is 17.8. The highest BCUT2D eigenvalue weighted by Gasteiger charge is 2.25. The van der Waals surface area contributed by atoms with Crippen LogP contribution in [0, 0.1) is 5.82 Å². The van der Waals surface area contributed by atoms with Gasteiger partial charge in [-0.3, -0.25) is 14.6 Å². The van der Waals surface area contributed by atoms with E-state index in [4.69, 9.17) is 0 Å². The number of benzene rings is 2. The second-order valence-corrected chi connectivity index (χ2v) is 9.42. The van der Waals surface area contributed by atoms with E-state index in [2.05, 4.69) is 15.6 Å². The minimum absolute atomic E-state index is 0.00521. The number of halogens is 1. The van der Waals surface area contributed by atoms with Crippen LogP contribution in [0.15, 0.2) is 66.9 Å². The molecule has 0 aliphatic carbocycles. The molecule has 0 radical (unpaired) electrons. The third-order valence-corrected chi connectivity index (χ3v) is 6.20. The number of nitrogens with zero attached hydrogens (tertiary/aromatic N) is 2. The maximum atomic E-state index is 13.6. The number of hydrogen-bond acceptors (Lipinski definition) is 4. The Labute approximate surface area is 215 Å². The van der Waals surface area contributed by atoms with Crippen LogP contribution < -0.4 is 10.6 Å². The van der Waals surface area contributed by atoms with Crippen LogP contribution >= 0.6 is 0 Å². The van der Waals surface area contributed by atoms with Crippen LogP contribution in [-0.4, -0.2) is 39.1 Å². The molecule has 0 fully saturated rings. The number of hydrogen-bond donors (Lipinski definition) is 3. The highest BCUT2D eigenvalue weighted by Crippen LogP contribution is 2.33. The van der Waals surface area contributed by atoms with E-state index in [0.717, 1.165) is 27.9 Å². The van der Waals surface area contributed by atoms with E-state index in [1.807, 2.05) is 36.6 Å². The van der Waals surface area contributed by atoms with Crippen LogP contribution in [0.2, 0.25) is 0 Å². The Bertz CT molecular complexity index is 1400. The standard InChI is InChI=1S/C29H31FN4O3/c1-18(2)27-26(29(37)32-15-20-7-10-22(30)11-8-20)24-12-9-21(28(36)33-19(3)17-35)14-25(24)34(27)16-23-6-4-5-13-31-23/h4-14,18-19,35H,15-17H2,1-3H3,(H,32,37)(H,33,36)/t19-/m0/s1. The van der Waals surface area contributed by atoms with E-state index in [9.17, 15) is 19.1 Å². The summed E-state index contributed by atoms with van der Waals surface area (Å²) in [4.78, 5) is 30.9. The molecule has 37 heavy (non-hydrogen) atoms. The van der Waals surface area contributed by atoms with E-state index in [0.29, 0.717) is 17.7 Å². The van der Waals surface area contributed by atoms with Gasteiger partial charge in [0.25, 0.3) is 11.8 Å². The summed E-state index contributed by atoms with van der Waals surface area (Å²) in [5.41, 5.74) is 4.15. The van der Waals surface area contributed by atoms with E-state index in [1.54, 1.807) is 43.5 Å². The summed E-state index contributed by atoms with van der Waals surface area (Å²) in [7, 11) is 0. The van der Waals surface area contributed by atoms with Gasteiger partial charge in [0.05, 0.1) is 29.9 Å². The quantitative estimate of drug-likeness (QED) is 0.316. The normalized spacial score (nSPS) is 12.1. The minimum Gasteiger partial charge on any atom is -0.394 e. The highest BCUT2D eigenvalue weighted by atomic mass is 19.1. The largest absolute Gasteiger partial charge is 0.394 e. The SMILES string of the molecule is CC(C)c1c(C(=O)NCc2ccc(F)cc2)c2ccc(C(=O)N[C@@H](C)CO)cc2n1Cc1ccccn1. The predicted molar refractivity (Wildman–Crippen MR) is 141 cm³/mol. The lowest BCUT2D eigenvalue weighted by Gasteiger charge is -2.15. The van der Waals surface area contributed by atoms with Crippen molar-refractivity contribution in [3.63, 3.8) is 0 Å². The van der Waals surface area contributed by atoms with Gasteiger partial charge < -0.3 is 20.3 Å². The number of carbonyl (C=O) groups excluding carboxylic acids is 2. The lowest BCUT2D eigenvalue weighted by Crippen LogP contribution is -2.34. The van der Waals surface area contributed by atoms with Crippen LogP contribution in [0.4, 0.5) is 4.39 Å². The molecule has 2 aromatic carbocycles. The van der Waals surface area contributed by atoms with E-state index in [-0.39, 0.29) is 42.7 Å².